The van der Waals surface area contributed by atoms with E-state index in [2.05, 4.69) is 14.7 Å². The van der Waals surface area contributed by atoms with E-state index in [4.69, 9.17) is 4.18 Å². The van der Waals surface area contributed by atoms with Crippen molar-refractivity contribution in [1.82, 2.24) is 9.97 Å². The summed E-state index contributed by atoms with van der Waals surface area (Å²) in [5.74, 6) is -0.719. The smallest absolute Gasteiger partial charge is 0.339 e. The molecule has 2 aromatic carbocycles. The van der Waals surface area contributed by atoms with E-state index >= 15 is 0 Å². The molecular weight excluding hydrogens is 364 g/mol. The van der Waals surface area contributed by atoms with E-state index in [0.717, 1.165) is 6.07 Å². The third-order valence-corrected chi connectivity index (χ3v) is 4.69. The molecule has 0 bridgehead atoms. The van der Waals surface area contributed by atoms with Crippen LogP contribution in [-0.2, 0) is 14.9 Å². The summed E-state index contributed by atoms with van der Waals surface area (Å²) in [5.41, 5.74) is -1.23. The number of benzene rings is 2. The normalized spacial score (nSPS) is 11.3. The Morgan fingerprint density at radius 3 is 2.35 bits per heavy atom. The van der Waals surface area contributed by atoms with Gasteiger partial charge in [-0.2, -0.15) is 8.42 Å². The summed E-state index contributed by atoms with van der Waals surface area (Å²) in [6, 6.07) is 9.19. The molecule has 134 valence electrons. The van der Waals surface area contributed by atoms with Gasteiger partial charge in [-0.25, -0.2) is 4.79 Å². The summed E-state index contributed by atoms with van der Waals surface area (Å²) < 4.78 is 34.5. The maximum atomic E-state index is 12.4. The van der Waals surface area contributed by atoms with Gasteiger partial charge in [-0.05, 0) is 36.4 Å². The molecule has 0 aliphatic carbocycles. The quantitative estimate of drug-likeness (QED) is 0.390. The third-order valence-electron chi connectivity index (χ3n) is 3.44. The number of ether oxygens (including phenoxy) is 1. The number of methoxy groups -OCH3 is 1. The van der Waals surface area contributed by atoms with Crippen molar-refractivity contribution in [1.29, 1.82) is 0 Å². The van der Waals surface area contributed by atoms with Crippen LogP contribution in [0.15, 0.2) is 56.9 Å². The van der Waals surface area contributed by atoms with E-state index in [9.17, 15) is 22.8 Å². The standard InChI is InChI=1S/C16H12N2O7S/c1-24-16(21)9-3-2-4-10(7-9)25-26(22,23)11-5-6-12-13(8-11)18-15(20)14(19)17-12/h2-8H,1H3,(H,17,19)(H,18,20). The molecule has 1 aromatic heterocycles. The molecular formula is C16H12N2O7S. The van der Waals surface area contributed by atoms with Crippen LogP contribution in [0.5, 0.6) is 5.75 Å². The minimum atomic E-state index is -4.24. The number of carbonyl (C=O) groups is 1. The maximum absolute atomic E-state index is 12.4. The number of H-pyrrole nitrogens is 2. The zero-order valence-electron chi connectivity index (χ0n) is 13.3. The summed E-state index contributed by atoms with van der Waals surface area (Å²) in [6.07, 6.45) is 0. The average molecular weight is 376 g/mol. The van der Waals surface area contributed by atoms with Gasteiger partial charge >= 0.3 is 27.2 Å². The Hall–Kier alpha value is -3.40. The zero-order chi connectivity index (χ0) is 18.9. The number of carbonyl (C=O) groups excluding carboxylic acids is 1. The van der Waals surface area contributed by atoms with Crippen LogP contribution in [-0.4, -0.2) is 31.5 Å². The van der Waals surface area contributed by atoms with Crippen LogP contribution in [0, 0.1) is 0 Å². The topological polar surface area (TPSA) is 135 Å². The average Bonchev–Trinajstić information content (AvgIpc) is 2.61. The number of rotatable bonds is 4. The maximum Gasteiger partial charge on any atom is 0.339 e. The lowest BCUT2D eigenvalue weighted by molar-refractivity contribution is 0.0600. The fraction of sp³-hybridized carbons (Fsp3) is 0.0625. The highest BCUT2D eigenvalue weighted by molar-refractivity contribution is 7.87. The lowest BCUT2D eigenvalue weighted by Crippen LogP contribution is -2.29. The summed E-state index contributed by atoms with van der Waals surface area (Å²) in [6.45, 7) is 0. The molecule has 0 radical (unpaired) electrons. The second kappa shape index (κ2) is 6.48. The Bertz CT molecular complexity index is 1230. The molecule has 9 nitrogen and oxygen atoms in total. The van der Waals surface area contributed by atoms with E-state index in [-0.39, 0.29) is 27.2 Å². The highest BCUT2D eigenvalue weighted by Crippen LogP contribution is 2.21. The van der Waals surface area contributed by atoms with Crippen LogP contribution in [0.4, 0.5) is 0 Å². The van der Waals surface area contributed by atoms with Crippen molar-refractivity contribution in [3.63, 3.8) is 0 Å². The van der Waals surface area contributed by atoms with Crippen LogP contribution in [0.25, 0.3) is 11.0 Å². The monoisotopic (exact) mass is 376 g/mol. The van der Waals surface area contributed by atoms with Gasteiger partial charge in [0.15, 0.2) is 0 Å². The number of aromatic nitrogens is 2. The van der Waals surface area contributed by atoms with Crippen LogP contribution in [0.1, 0.15) is 10.4 Å². The van der Waals surface area contributed by atoms with Gasteiger partial charge in [0, 0.05) is 0 Å². The molecule has 0 spiro atoms. The minimum Gasteiger partial charge on any atom is -0.465 e. The van der Waals surface area contributed by atoms with Crippen molar-refractivity contribution in [2.45, 2.75) is 4.90 Å². The van der Waals surface area contributed by atoms with Gasteiger partial charge in [-0.15, -0.1) is 0 Å². The SMILES string of the molecule is COC(=O)c1cccc(OS(=O)(=O)c2ccc3[nH]c(=O)c(=O)[nH]c3c2)c1. The Morgan fingerprint density at radius 2 is 1.65 bits per heavy atom. The summed E-state index contributed by atoms with van der Waals surface area (Å²) in [7, 11) is -3.04. The largest absolute Gasteiger partial charge is 0.465 e. The predicted octanol–water partition coefficient (Wildman–Crippen LogP) is 0.771. The second-order valence-electron chi connectivity index (χ2n) is 5.17. The Kier molecular flexibility index (Phi) is 4.34. The first-order valence-corrected chi connectivity index (χ1v) is 8.60. The van der Waals surface area contributed by atoms with E-state index < -0.39 is 27.2 Å². The van der Waals surface area contributed by atoms with Crippen LogP contribution in [0.2, 0.25) is 0 Å². The van der Waals surface area contributed by atoms with E-state index in [0.29, 0.717) is 0 Å². The molecule has 26 heavy (non-hydrogen) atoms. The number of hydrogen-bond acceptors (Lipinski definition) is 7. The third kappa shape index (κ3) is 3.35. The minimum absolute atomic E-state index is 0.0806. The van der Waals surface area contributed by atoms with Gasteiger partial charge in [-0.1, -0.05) is 6.07 Å². The summed E-state index contributed by atoms with van der Waals surface area (Å²) in [5, 5.41) is 0. The van der Waals surface area contributed by atoms with E-state index in [1.807, 2.05) is 0 Å². The van der Waals surface area contributed by atoms with Gasteiger partial charge < -0.3 is 18.9 Å². The summed E-state index contributed by atoms with van der Waals surface area (Å²) >= 11 is 0. The molecule has 2 N–H and O–H groups in total. The highest BCUT2D eigenvalue weighted by Gasteiger charge is 2.18. The Balaban J connectivity index is 1.99. The lowest BCUT2D eigenvalue weighted by Gasteiger charge is -2.08. The molecule has 10 heteroatoms. The molecule has 0 amide bonds. The molecule has 0 atom stereocenters. The number of fused-ring (bicyclic) bond motifs is 1. The van der Waals surface area contributed by atoms with Gasteiger partial charge in [-0.3, -0.25) is 9.59 Å². The molecule has 0 aliphatic heterocycles. The first kappa shape index (κ1) is 17.4. The number of aromatic amines is 2. The van der Waals surface area contributed by atoms with Gasteiger partial charge in [0.1, 0.15) is 10.6 Å². The predicted molar refractivity (Wildman–Crippen MR) is 90.8 cm³/mol. The molecule has 3 aromatic rings. The molecule has 0 unspecified atom stereocenters. The van der Waals surface area contributed by atoms with Crippen molar-refractivity contribution in [2.75, 3.05) is 7.11 Å². The fourth-order valence-electron chi connectivity index (χ4n) is 2.22. The van der Waals surface area contributed by atoms with Crippen molar-refractivity contribution in [3.05, 3.63) is 68.7 Å². The zero-order valence-corrected chi connectivity index (χ0v) is 14.1. The van der Waals surface area contributed by atoms with Gasteiger partial charge in [0.05, 0.1) is 23.7 Å². The second-order valence-corrected chi connectivity index (χ2v) is 6.72. The lowest BCUT2D eigenvalue weighted by atomic mass is 10.2. The number of nitrogens with one attached hydrogen (secondary N) is 2. The van der Waals surface area contributed by atoms with Gasteiger partial charge in [0.25, 0.3) is 0 Å². The van der Waals surface area contributed by atoms with Crippen molar-refractivity contribution >= 4 is 27.1 Å². The first-order valence-electron chi connectivity index (χ1n) is 7.19. The van der Waals surface area contributed by atoms with E-state index in [1.54, 1.807) is 0 Å². The van der Waals surface area contributed by atoms with Crippen LogP contribution in [0.3, 0.4) is 0 Å². The van der Waals surface area contributed by atoms with Crippen molar-refractivity contribution in [3.8, 4) is 5.75 Å². The highest BCUT2D eigenvalue weighted by atomic mass is 32.2. The molecule has 0 saturated carbocycles. The first-order chi connectivity index (χ1) is 12.3. The molecule has 1 heterocycles. The molecule has 0 fully saturated rings. The van der Waals surface area contributed by atoms with Crippen molar-refractivity contribution < 1.29 is 22.1 Å². The van der Waals surface area contributed by atoms with Gasteiger partial charge in [0.2, 0.25) is 0 Å². The molecule has 3 rings (SSSR count). The molecule has 0 aliphatic rings. The molecule has 0 saturated heterocycles. The number of esters is 1. The van der Waals surface area contributed by atoms with Crippen LogP contribution >= 0.6 is 0 Å². The van der Waals surface area contributed by atoms with Crippen molar-refractivity contribution in [2.24, 2.45) is 0 Å². The fourth-order valence-corrected chi connectivity index (χ4v) is 3.17. The Morgan fingerprint density at radius 1 is 0.962 bits per heavy atom. The van der Waals surface area contributed by atoms with Crippen LogP contribution < -0.4 is 15.3 Å². The van der Waals surface area contributed by atoms with E-state index in [1.165, 1.54) is 43.5 Å². The summed E-state index contributed by atoms with van der Waals surface area (Å²) in [4.78, 5) is 38.6. The number of hydrogen-bond donors (Lipinski definition) is 2. The Labute approximate surface area is 146 Å².